The summed E-state index contributed by atoms with van der Waals surface area (Å²) in [6.07, 6.45) is 0. The molecule has 0 radical (unpaired) electrons. The standard InChI is InChI=1S/C52H35N5Si/c1-5-17-36(18-6-1)37-29-31-41(32-30-37)58(48-28-16-13-25-44(48)52-53-46-26-14-15-27-47(46)57(52)58)42-33-34-43(38-19-7-2-8-20-38)45(35-42)51-55-49(39-21-9-3-10-22-39)54-50(56-51)40-23-11-4-12-24-40/h1-35H. The smallest absolute Gasteiger partial charge is 0.259 e. The van der Waals surface area contributed by atoms with Crippen molar-refractivity contribution in [1.29, 1.82) is 0 Å². The number of rotatable bonds is 7. The fourth-order valence-corrected chi connectivity index (χ4v) is 13.7. The van der Waals surface area contributed by atoms with Crippen molar-refractivity contribution < 1.29 is 0 Å². The second-order valence-electron chi connectivity index (χ2n) is 14.6. The van der Waals surface area contributed by atoms with Gasteiger partial charge >= 0.3 is 0 Å². The molecule has 1 aliphatic rings. The number of hydrogen-bond acceptors (Lipinski definition) is 4. The maximum absolute atomic E-state index is 5.35. The Kier molecular flexibility index (Phi) is 8.08. The Morgan fingerprint density at radius 1 is 0.328 bits per heavy atom. The van der Waals surface area contributed by atoms with Crippen LogP contribution in [0.25, 0.3) is 78.8 Å². The summed E-state index contributed by atoms with van der Waals surface area (Å²) < 4.78 is 2.59. The molecule has 0 bridgehead atoms. The Morgan fingerprint density at radius 3 is 1.48 bits per heavy atom. The Balaban J connectivity index is 1.23. The van der Waals surface area contributed by atoms with E-state index in [1.807, 2.05) is 36.4 Å². The highest BCUT2D eigenvalue weighted by molar-refractivity contribution is 7.12. The molecular formula is C52H35N5Si. The van der Waals surface area contributed by atoms with Gasteiger partial charge in [-0.25, -0.2) is 19.9 Å². The fraction of sp³-hybridized carbons (Fsp3) is 0. The minimum absolute atomic E-state index is 0.624. The average Bonchev–Trinajstić information content (AvgIpc) is 3.84. The predicted molar refractivity (Wildman–Crippen MR) is 239 cm³/mol. The molecule has 2 aromatic heterocycles. The second kappa shape index (κ2) is 13.9. The lowest BCUT2D eigenvalue weighted by molar-refractivity contribution is 1.07. The topological polar surface area (TPSA) is 56.5 Å². The summed E-state index contributed by atoms with van der Waals surface area (Å²) in [7, 11) is -3.12. The first-order valence-corrected chi connectivity index (χ1v) is 21.5. The van der Waals surface area contributed by atoms with E-state index in [0.717, 1.165) is 44.7 Å². The number of aromatic nitrogens is 5. The van der Waals surface area contributed by atoms with E-state index in [2.05, 4.69) is 180 Å². The van der Waals surface area contributed by atoms with Gasteiger partial charge in [0.25, 0.3) is 8.24 Å². The first-order valence-electron chi connectivity index (χ1n) is 19.6. The maximum atomic E-state index is 5.35. The van der Waals surface area contributed by atoms with Crippen molar-refractivity contribution in [2.45, 2.75) is 0 Å². The largest absolute Gasteiger partial charge is 0.339 e. The molecule has 1 atom stereocenters. The van der Waals surface area contributed by atoms with E-state index < -0.39 is 8.24 Å². The Bertz CT molecular complexity index is 3040. The fourth-order valence-electron chi connectivity index (χ4n) is 8.68. The lowest BCUT2D eigenvalue weighted by Crippen LogP contribution is -2.70. The van der Waals surface area contributed by atoms with E-state index in [1.165, 1.54) is 32.3 Å². The van der Waals surface area contributed by atoms with E-state index in [-0.39, 0.29) is 0 Å². The summed E-state index contributed by atoms with van der Waals surface area (Å²) in [5.74, 6) is 2.89. The third-order valence-electron chi connectivity index (χ3n) is 11.3. The number of imidazole rings is 1. The number of fused-ring (bicyclic) bond motifs is 5. The predicted octanol–water partition coefficient (Wildman–Crippen LogP) is 10.1. The molecule has 0 fully saturated rings. The minimum atomic E-state index is -3.12. The molecule has 6 heteroatoms. The van der Waals surface area contributed by atoms with Crippen LogP contribution in [0.5, 0.6) is 0 Å². The zero-order valence-electron chi connectivity index (χ0n) is 31.4. The zero-order valence-corrected chi connectivity index (χ0v) is 32.4. The third-order valence-corrected chi connectivity index (χ3v) is 16.0. The van der Waals surface area contributed by atoms with E-state index in [9.17, 15) is 0 Å². The van der Waals surface area contributed by atoms with Gasteiger partial charge in [0.05, 0.1) is 11.0 Å². The normalized spacial score (nSPS) is 14.3. The summed E-state index contributed by atoms with van der Waals surface area (Å²) in [5.41, 5.74) is 10.6. The molecule has 0 aliphatic carbocycles. The van der Waals surface area contributed by atoms with Gasteiger partial charge in [-0.3, -0.25) is 0 Å². The van der Waals surface area contributed by atoms with Gasteiger partial charge in [-0.1, -0.05) is 194 Å². The van der Waals surface area contributed by atoms with Gasteiger partial charge in [0.2, 0.25) is 0 Å². The second-order valence-corrected chi connectivity index (χ2v) is 18.2. The van der Waals surface area contributed by atoms with E-state index in [1.54, 1.807) is 0 Å². The third kappa shape index (κ3) is 5.45. The van der Waals surface area contributed by atoms with Crippen molar-refractivity contribution >= 4 is 34.8 Å². The molecule has 0 saturated heterocycles. The van der Waals surface area contributed by atoms with Crippen LogP contribution in [-0.4, -0.2) is 32.4 Å². The van der Waals surface area contributed by atoms with E-state index in [0.29, 0.717) is 17.5 Å². The molecule has 10 aromatic rings. The molecule has 58 heavy (non-hydrogen) atoms. The van der Waals surface area contributed by atoms with Gasteiger partial charge < -0.3 is 4.23 Å². The molecule has 5 nitrogen and oxygen atoms in total. The van der Waals surface area contributed by atoms with Crippen LogP contribution in [0.1, 0.15) is 0 Å². The Hall–Kier alpha value is -7.54. The van der Waals surface area contributed by atoms with Gasteiger partial charge in [0.1, 0.15) is 5.82 Å². The number of nitrogens with zero attached hydrogens (tertiary/aromatic N) is 5. The molecule has 1 aliphatic heterocycles. The molecule has 0 N–H and O–H groups in total. The molecule has 3 heterocycles. The lowest BCUT2D eigenvalue weighted by atomic mass is 9.99. The van der Waals surface area contributed by atoms with Crippen LogP contribution in [-0.2, 0) is 0 Å². The van der Waals surface area contributed by atoms with Crippen LogP contribution < -0.4 is 15.6 Å². The lowest BCUT2D eigenvalue weighted by Gasteiger charge is -2.33. The van der Waals surface area contributed by atoms with Crippen LogP contribution in [0, 0.1) is 0 Å². The minimum Gasteiger partial charge on any atom is -0.339 e. The summed E-state index contributed by atoms with van der Waals surface area (Å²) in [5, 5.41) is 3.79. The summed E-state index contributed by atoms with van der Waals surface area (Å²) in [6, 6.07) is 75.3. The quantitative estimate of drug-likeness (QED) is 0.152. The molecule has 0 amide bonds. The molecule has 8 aromatic carbocycles. The first kappa shape index (κ1) is 33.8. The van der Waals surface area contributed by atoms with Crippen molar-refractivity contribution in [3.05, 3.63) is 212 Å². The maximum Gasteiger partial charge on any atom is 0.259 e. The number of hydrogen-bond donors (Lipinski definition) is 0. The number of benzene rings is 8. The number of para-hydroxylation sites is 2. The van der Waals surface area contributed by atoms with Crippen LogP contribution in [0.15, 0.2) is 212 Å². The average molecular weight is 758 g/mol. The van der Waals surface area contributed by atoms with Crippen LogP contribution >= 0.6 is 0 Å². The summed E-state index contributed by atoms with van der Waals surface area (Å²) in [6.45, 7) is 0. The van der Waals surface area contributed by atoms with Gasteiger partial charge in [-0.05, 0) is 56.0 Å². The highest BCUT2D eigenvalue weighted by Gasteiger charge is 2.51. The molecule has 0 saturated carbocycles. The van der Waals surface area contributed by atoms with Gasteiger partial charge in [0, 0.05) is 22.3 Å². The molecule has 0 spiro atoms. The summed E-state index contributed by atoms with van der Waals surface area (Å²) in [4.78, 5) is 21.0. The highest BCUT2D eigenvalue weighted by atomic mass is 28.3. The van der Waals surface area contributed by atoms with Gasteiger partial charge in [-0.2, -0.15) is 0 Å². The SMILES string of the molecule is c1ccc(-c2ccc([Si]3(c4ccc(-c5ccccc5)c(-c5nc(-c6ccccc6)nc(-c6ccccc6)n5)c4)c4ccccc4-c4nc5ccccc5n43)cc2)cc1. The summed E-state index contributed by atoms with van der Waals surface area (Å²) >= 11 is 0. The molecule has 1 unspecified atom stereocenters. The van der Waals surface area contributed by atoms with Gasteiger partial charge in [-0.15, -0.1) is 0 Å². The first-order chi connectivity index (χ1) is 28.8. The monoisotopic (exact) mass is 757 g/mol. The van der Waals surface area contributed by atoms with Crippen molar-refractivity contribution in [2.24, 2.45) is 0 Å². The Morgan fingerprint density at radius 2 is 0.828 bits per heavy atom. The van der Waals surface area contributed by atoms with Crippen LogP contribution in [0.2, 0.25) is 0 Å². The van der Waals surface area contributed by atoms with E-state index >= 15 is 0 Å². The molecule has 272 valence electrons. The Labute approximate surface area is 337 Å². The zero-order chi connectivity index (χ0) is 38.5. The van der Waals surface area contributed by atoms with Crippen LogP contribution in [0.4, 0.5) is 0 Å². The highest BCUT2D eigenvalue weighted by Crippen LogP contribution is 2.38. The van der Waals surface area contributed by atoms with Crippen molar-refractivity contribution in [2.75, 3.05) is 0 Å². The van der Waals surface area contributed by atoms with Crippen molar-refractivity contribution in [3.63, 3.8) is 0 Å². The molecular weight excluding hydrogens is 723 g/mol. The van der Waals surface area contributed by atoms with Crippen molar-refractivity contribution in [3.8, 4) is 67.8 Å². The molecule has 11 rings (SSSR count). The van der Waals surface area contributed by atoms with E-state index in [4.69, 9.17) is 19.9 Å². The van der Waals surface area contributed by atoms with Crippen molar-refractivity contribution in [1.82, 2.24) is 24.2 Å². The van der Waals surface area contributed by atoms with Gasteiger partial charge in [0.15, 0.2) is 17.5 Å². The van der Waals surface area contributed by atoms with Crippen LogP contribution in [0.3, 0.4) is 0 Å².